The highest BCUT2D eigenvalue weighted by atomic mass is 16.6. The van der Waals surface area contributed by atoms with E-state index in [2.05, 4.69) is 0 Å². The Hall–Kier alpha value is -0.850. The quantitative estimate of drug-likeness (QED) is 0.491. The zero-order chi connectivity index (χ0) is 10.6. The summed E-state index contributed by atoms with van der Waals surface area (Å²) >= 11 is 0. The maximum absolute atomic E-state index is 11.3. The molecular weight excluding hydrogens is 202 g/mol. The molecule has 0 saturated carbocycles. The van der Waals surface area contributed by atoms with Gasteiger partial charge in [-0.3, -0.25) is 4.90 Å². The molecule has 6 nitrogen and oxygen atoms in total. The molecule has 0 radical (unpaired) electrons. The van der Waals surface area contributed by atoms with Gasteiger partial charge < -0.3 is 19.7 Å². The number of hydrogen-bond donors (Lipinski definition) is 2. The largest absolute Gasteiger partial charge is 0.447 e. The Balaban J connectivity index is 1.83. The molecule has 3 aliphatic rings. The van der Waals surface area contributed by atoms with Crippen LogP contribution >= 0.6 is 0 Å². The van der Waals surface area contributed by atoms with Crippen molar-refractivity contribution in [3.05, 3.63) is 0 Å². The summed E-state index contributed by atoms with van der Waals surface area (Å²) in [5.74, 6) is 0. The van der Waals surface area contributed by atoms with Crippen molar-refractivity contribution in [2.45, 2.75) is 36.9 Å². The Morgan fingerprint density at radius 2 is 2.13 bits per heavy atom. The summed E-state index contributed by atoms with van der Waals surface area (Å²) in [7, 11) is 0. The highest BCUT2D eigenvalue weighted by Gasteiger charge is 2.53. The van der Waals surface area contributed by atoms with E-state index in [4.69, 9.17) is 9.47 Å². The van der Waals surface area contributed by atoms with Gasteiger partial charge in [0.1, 0.15) is 24.9 Å². The molecule has 3 heterocycles. The van der Waals surface area contributed by atoms with Crippen LogP contribution in [0.5, 0.6) is 0 Å². The van der Waals surface area contributed by atoms with Gasteiger partial charge in [-0.2, -0.15) is 0 Å². The molecule has 6 heteroatoms. The second kappa shape index (κ2) is 3.07. The van der Waals surface area contributed by atoms with Gasteiger partial charge in [0, 0.05) is 6.54 Å². The predicted molar refractivity (Wildman–Crippen MR) is 47.1 cm³/mol. The Labute approximate surface area is 86.4 Å². The van der Waals surface area contributed by atoms with E-state index in [1.807, 2.05) is 0 Å². The van der Waals surface area contributed by atoms with E-state index >= 15 is 0 Å². The van der Waals surface area contributed by atoms with Crippen molar-refractivity contribution in [3.8, 4) is 0 Å². The predicted octanol–water partition coefficient (Wildman–Crippen LogP) is -1.30. The lowest BCUT2D eigenvalue weighted by Gasteiger charge is -2.29. The number of ether oxygens (including phenoxy) is 2. The first-order valence-corrected chi connectivity index (χ1v) is 5.13. The SMILES string of the molecule is O=C1OC[C@@H]2[C@@H](O)[C@H](O)[C@H]3O[C@H]3CCN12. The molecule has 84 valence electrons. The summed E-state index contributed by atoms with van der Waals surface area (Å²) in [5, 5.41) is 19.6. The molecule has 0 aromatic heterocycles. The molecule has 0 unspecified atom stereocenters. The summed E-state index contributed by atoms with van der Waals surface area (Å²) in [4.78, 5) is 12.8. The third-order valence-electron chi connectivity index (χ3n) is 3.37. The zero-order valence-corrected chi connectivity index (χ0v) is 8.07. The Bertz CT molecular complexity index is 296. The standard InChI is InChI=1S/C9H13NO5/c11-6-4-3-14-9(13)10(4)2-1-5-8(15-5)7(6)12/h4-8,11-12H,1-3H2/t4-,5+,6-,7+,8+/m1/s1. The molecule has 0 aliphatic carbocycles. The van der Waals surface area contributed by atoms with Crippen molar-refractivity contribution in [2.75, 3.05) is 13.2 Å². The van der Waals surface area contributed by atoms with Crippen LogP contribution in [0, 0.1) is 0 Å². The molecule has 0 spiro atoms. The van der Waals surface area contributed by atoms with Crippen LogP contribution in [0.1, 0.15) is 6.42 Å². The van der Waals surface area contributed by atoms with E-state index in [0.717, 1.165) is 0 Å². The molecule has 0 aromatic rings. The molecule has 2 N–H and O–H groups in total. The lowest BCUT2D eigenvalue weighted by Crippen LogP contribution is -2.51. The number of hydrogen-bond acceptors (Lipinski definition) is 5. The van der Waals surface area contributed by atoms with Gasteiger partial charge in [-0.15, -0.1) is 0 Å². The van der Waals surface area contributed by atoms with Crippen LogP contribution in [-0.2, 0) is 9.47 Å². The maximum Gasteiger partial charge on any atom is 0.410 e. The van der Waals surface area contributed by atoms with Crippen molar-refractivity contribution in [2.24, 2.45) is 0 Å². The summed E-state index contributed by atoms with van der Waals surface area (Å²) < 4.78 is 10.1. The van der Waals surface area contributed by atoms with E-state index in [1.165, 1.54) is 4.90 Å². The van der Waals surface area contributed by atoms with E-state index in [-0.39, 0.29) is 18.8 Å². The first kappa shape index (κ1) is 9.38. The number of nitrogens with zero attached hydrogens (tertiary/aromatic N) is 1. The van der Waals surface area contributed by atoms with Crippen LogP contribution in [0.2, 0.25) is 0 Å². The second-order valence-electron chi connectivity index (χ2n) is 4.25. The number of amides is 1. The number of aliphatic hydroxyl groups excluding tert-OH is 2. The van der Waals surface area contributed by atoms with Crippen molar-refractivity contribution >= 4 is 6.09 Å². The fraction of sp³-hybridized carbons (Fsp3) is 0.889. The molecule has 3 aliphatic heterocycles. The topological polar surface area (TPSA) is 82.5 Å². The van der Waals surface area contributed by atoms with E-state index in [9.17, 15) is 15.0 Å². The minimum Gasteiger partial charge on any atom is -0.447 e. The first-order chi connectivity index (χ1) is 7.18. The van der Waals surface area contributed by atoms with E-state index in [1.54, 1.807) is 0 Å². The zero-order valence-electron chi connectivity index (χ0n) is 8.07. The average Bonchev–Trinajstić information content (AvgIpc) is 2.90. The normalized spacial score (nSPS) is 48.8. The minimum absolute atomic E-state index is 0.0241. The number of carbonyl (C=O) groups excluding carboxylic acids is 1. The van der Waals surface area contributed by atoms with Gasteiger partial charge in [0.05, 0.1) is 12.1 Å². The number of fused-ring (bicyclic) bond motifs is 2. The highest BCUT2D eigenvalue weighted by molar-refractivity contribution is 5.70. The summed E-state index contributed by atoms with van der Waals surface area (Å²) in [6.07, 6.45) is -1.91. The van der Waals surface area contributed by atoms with Gasteiger partial charge in [0.15, 0.2) is 0 Å². The van der Waals surface area contributed by atoms with Crippen molar-refractivity contribution < 1.29 is 24.5 Å². The van der Waals surface area contributed by atoms with Gasteiger partial charge in [0.25, 0.3) is 0 Å². The first-order valence-electron chi connectivity index (χ1n) is 5.13. The van der Waals surface area contributed by atoms with Crippen molar-refractivity contribution in [1.29, 1.82) is 0 Å². The second-order valence-corrected chi connectivity index (χ2v) is 4.25. The smallest absolute Gasteiger partial charge is 0.410 e. The van der Waals surface area contributed by atoms with Crippen LogP contribution < -0.4 is 0 Å². The van der Waals surface area contributed by atoms with Gasteiger partial charge >= 0.3 is 6.09 Å². The lowest BCUT2D eigenvalue weighted by molar-refractivity contribution is -0.0348. The summed E-state index contributed by atoms with van der Waals surface area (Å²) in [5.41, 5.74) is 0. The van der Waals surface area contributed by atoms with Crippen LogP contribution in [-0.4, -0.2) is 64.8 Å². The molecular formula is C9H13NO5. The number of cyclic esters (lactones) is 1. The molecule has 15 heavy (non-hydrogen) atoms. The monoisotopic (exact) mass is 215 g/mol. The number of carbonyl (C=O) groups is 1. The van der Waals surface area contributed by atoms with Gasteiger partial charge in [-0.25, -0.2) is 4.79 Å². The van der Waals surface area contributed by atoms with Crippen LogP contribution in [0.25, 0.3) is 0 Å². The van der Waals surface area contributed by atoms with Crippen LogP contribution in [0.3, 0.4) is 0 Å². The molecule has 3 rings (SSSR count). The number of rotatable bonds is 0. The molecule has 0 bridgehead atoms. The molecule has 1 amide bonds. The Morgan fingerprint density at radius 3 is 2.93 bits per heavy atom. The van der Waals surface area contributed by atoms with E-state index < -0.39 is 24.3 Å². The minimum atomic E-state index is -0.980. The fourth-order valence-electron chi connectivity index (χ4n) is 2.38. The van der Waals surface area contributed by atoms with Crippen molar-refractivity contribution in [3.63, 3.8) is 0 Å². The third kappa shape index (κ3) is 1.32. The Kier molecular flexibility index (Phi) is 1.92. The summed E-state index contributed by atoms with van der Waals surface area (Å²) in [6.45, 7) is 0.670. The van der Waals surface area contributed by atoms with Crippen LogP contribution in [0.15, 0.2) is 0 Å². The Morgan fingerprint density at radius 1 is 1.33 bits per heavy atom. The lowest BCUT2D eigenvalue weighted by atomic mass is 9.98. The molecule has 0 aromatic carbocycles. The van der Waals surface area contributed by atoms with Gasteiger partial charge in [-0.05, 0) is 6.42 Å². The fourth-order valence-corrected chi connectivity index (χ4v) is 2.38. The van der Waals surface area contributed by atoms with Gasteiger partial charge in [-0.1, -0.05) is 0 Å². The van der Waals surface area contributed by atoms with Crippen molar-refractivity contribution in [1.82, 2.24) is 4.90 Å². The number of epoxide rings is 1. The molecule has 3 fully saturated rings. The third-order valence-corrected chi connectivity index (χ3v) is 3.37. The highest BCUT2D eigenvalue weighted by Crippen LogP contribution is 2.35. The van der Waals surface area contributed by atoms with Gasteiger partial charge in [0.2, 0.25) is 0 Å². The maximum atomic E-state index is 11.3. The summed E-state index contributed by atoms with van der Waals surface area (Å²) in [6, 6.07) is -0.433. The van der Waals surface area contributed by atoms with E-state index in [0.29, 0.717) is 13.0 Å². The number of aliphatic hydroxyl groups is 2. The average molecular weight is 215 g/mol. The molecule has 3 saturated heterocycles. The van der Waals surface area contributed by atoms with Crippen LogP contribution in [0.4, 0.5) is 4.79 Å². The molecule has 5 atom stereocenters.